The largest absolute Gasteiger partial charge is 0.493 e. The summed E-state index contributed by atoms with van der Waals surface area (Å²) >= 11 is 0. The standard InChI is InChI=1S/C16H23NO3/c1-12(11-18)5-4-9-17-16(19)14-8-10-20-15-7-3-2-6-13(14)15/h2-3,6-7,12,14,18H,4-5,8-11H2,1H3,(H,17,19). The van der Waals surface area contributed by atoms with Crippen molar-refractivity contribution in [2.45, 2.75) is 32.1 Å². The van der Waals surface area contributed by atoms with Crippen LogP contribution in [0.5, 0.6) is 5.75 Å². The van der Waals surface area contributed by atoms with Crippen molar-refractivity contribution >= 4 is 5.91 Å². The number of amides is 1. The summed E-state index contributed by atoms with van der Waals surface area (Å²) in [4.78, 5) is 12.3. The first-order valence-corrected chi connectivity index (χ1v) is 7.32. The molecule has 2 N–H and O–H groups in total. The van der Waals surface area contributed by atoms with E-state index in [-0.39, 0.29) is 18.4 Å². The van der Waals surface area contributed by atoms with Gasteiger partial charge in [-0.1, -0.05) is 25.1 Å². The number of ether oxygens (including phenoxy) is 1. The molecule has 2 atom stereocenters. The number of carbonyl (C=O) groups is 1. The summed E-state index contributed by atoms with van der Waals surface area (Å²) in [7, 11) is 0. The predicted molar refractivity (Wildman–Crippen MR) is 77.8 cm³/mol. The quantitative estimate of drug-likeness (QED) is 0.783. The van der Waals surface area contributed by atoms with Gasteiger partial charge in [0.25, 0.3) is 0 Å². The highest BCUT2D eigenvalue weighted by Gasteiger charge is 2.26. The number of para-hydroxylation sites is 1. The Morgan fingerprint density at radius 2 is 2.30 bits per heavy atom. The fourth-order valence-corrected chi connectivity index (χ4v) is 2.49. The Balaban J connectivity index is 1.85. The highest BCUT2D eigenvalue weighted by atomic mass is 16.5. The van der Waals surface area contributed by atoms with E-state index >= 15 is 0 Å². The smallest absolute Gasteiger partial charge is 0.227 e. The molecule has 1 aromatic carbocycles. The van der Waals surface area contributed by atoms with Crippen LogP contribution in [-0.4, -0.2) is 30.8 Å². The summed E-state index contributed by atoms with van der Waals surface area (Å²) in [5.74, 6) is 1.11. The number of aliphatic hydroxyl groups excluding tert-OH is 1. The van der Waals surface area contributed by atoms with Gasteiger partial charge in [0.15, 0.2) is 0 Å². The highest BCUT2D eigenvalue weighted by molar-refractivity contribution is 5.84. The Morgan fingerprint density at radius 1 is 1.50 bits per heavy atom. The molecular weight excluding hydrogens is 254 g/mol. The number of rotatable bonds is 6. The molecule has 1 amide bonds. The van der Waals surface area contributed by atoms with Gasteiger partial charge in [0.2, 0.25) is 5.91 Å². The predicted octanol–water partition coefficient (Wildman–Crippen LogP) is 2.08. The molecule has 1 aromatic rings. The molecule has 110 valence electrons. The molecule has 0 spiro atoms. The van der Waals surface area contributed by atoms with Crippen molar-refractivity contribution in [2.75, 3.05) is 19.8 Å². The number of hydrogen-bond donors (Lipinski definition) is 2. The van der Waals surface area contributed by atoms with Crippen LogP contribution < -0.4 is 10.1 Å². The van der Waals surface area contributed by atoms with Crippen LogP contribution >= 0.6 is 0 Å². The molecule has 1 heterocycles. The highest BCUT2D eigenvalue weighted by Crippen LogP contribution is 2.33. The van der Waals surface area contributed by atoms with Crippen LogP contribution in [0.4, 0.5) is 0 Å². The number of benzene rings is 1. The Labute approximate surface area is 120 Å². The summed E-state index contributed by atoms with van der Waals surface area (Å²) in [6, 6.07) is 7.75. The second-order valence-corrected chi connectivity index (χ2v) is 5.45. The fraction of sp³-hybridized carbons (Fsp3) is 0.562. The zero-order chi connectivity index (χ0) is 14.4. The molecule has 20 heavy (non-hydrogen) atoms. The third-order valence-corrected chi connectivity index (χ3v) is 3.76. The molecule has 4 nitrogen and oxygen atoms in total. The van der Waals surface area contributed by atoms with E-state index in [1.165, 1.54) is 0 Å². The van der Waals surface area contributed by atoms with E-state index in [9.17, 15) is 4.79 Å². The lowest BCUT2D eigenvalue weighted by molar-refractivity contribution is -0.123. The topological polar surface area (TPSA) is 58.6 Å². The Morgan fingerprint density at radius 3 is 3.10 bits per heavy atom. The lowest BCUT2D eigenvalue weighted by atomic mass is 9.92. The monoisotopic (exact) mass is 277 g/mol. The maximum Gasteiger partial charge on any atom is 0.227 e. The van der Waals surface area contributed by atoms with Gasteiger partial charge in [-0.2, -0.15) is 0 Å². The number of hydrogen-bond acceptors (Lipinski definition) is 3. The fourth-order valence-electron chi connectivity index (χ4n) is 2.49. The Hall–Kier alpha value is -1.55. The summed E-state index contributed by atoms with van der Waals surface area (Å²) < 4.78 is 5.57. The molecule has 0 radical (unpaired) electrons. The number of carbonyl (C=O) groups excluding carboxylic acids is 1. The summed E-state index contributed by atoms with van der Waals surface area (Å²) in [6.45, 7) is 3.48. The SMILES string of the molecule is CC(CO)CCCNC(=O)C1CCOc2ccccc21. The molecule has 1 aliphatic rings. The van der Waals surface area contributed by atoms with E-state index in [0.717, 1.165) is 30.6 Å². The van der Waals surface area contributed by atoms with Gasteiger partial charge >= 0.3 is 0 Å². The van der Waals surface area contributed by atoms with Gasteiger partial charge in [0.1, 0.15) is 5.75 Å². The van der Waals surface area contributed by atoms with Crippen LogP contribution in [0.25, 0.3) is 0 Å². The van der Waals surface area contributed by atoms with Gasteiger partial charge in [-0.05, 0) is 31.2 Å². The van der Waals surface area contributed by atoms with Crippen molar-refractivity contribution in [3.8, 4) is 5.75 Å². The molecule has 0 aromatic heterocycles. The average molecular weight is 277 g/mol. The molecule has 0 saturated heterocycles. The maximum atomic E-state index is 12.3. The van der Waals surface area contributed by atoms with Gasteiger partial charge in [0, 0.05) is 18.7 Å². The maximum absolute atomic E-state index is 12.3. The van der Waals surface area contributed by atoms with Crippen molar-refractivity contribution in [1.29, 1.82) is 0 Å². The molecule has 2 rings (SSSR count). The van der Waals surface area contributed by atoms with Crippen LogP contribution in [0.1, 0.15) is 37.7 Å². The molecular formula is C16H23NO3. The minimum absolute atomic E-state index is 0.0809. The van der Waals surface area contributed by atoms with Crippen LogP contribution in [0.15, 0.2) is 24.3 Å². The summed E-state index contributed by atoms with van der Waals surface area (Å²) in [5, 5.41) is 12.0. The van der Waals surface area contributed by atoms with Gasteiger partial charge in [-0.15, -0.1) is 0 Å². The van der Waals surface area contributed by atoms with Crippen LogP contribution in [0, 0.1) is 5.92 Å². The van der Waals surface area contributed by atoms with Crippen molar-refractivity contribution in [2.24, 2.45) is 5.92 Å². The first-order chi connectivity index (χ1) is 9.72. The average Bonchev–Trinajstić information content (AvgIpc) is 2.50. The van der Waals surface area contributed by atoms with Gasteiger partial charge in [-0.3, -0.25) is 4.79 Å². The van der Waals surface area contributed by atoms with Gasteiger partial charge < -0.3 is 15.2 Å². The normalized spacial score (nSPS) is 18.8. The van der Waals surface area contributed by atoms with Crippen molar-refractivity contribution in [3.63, 3.8) is 0 Å². The summed E-state index contributed by atoms with van der Waals surface area (Å²) in [6.07, 6.45) is 2.56. The lowest BCUT2D eigenvalue weighted by Crippen LogP contribution is -2.33. The number of aliphatic hydroxyl groups is 1. The summed E-state index contributed by atoms with van der Waals surface area (Å²) in [5.41, 5.74) is 0.986. The third kappa shape index (κ3) is 3.73. The zero-order valence-electron chi connectivity index (χ0n) is 12.0. The van der Waals surface area contributed by atoms with E-state index in [4.69, 9.17) is 9.84 Å². The van der Waals surface area contributed by atoms with E-state index in [2.05, 4.69) is 5.32 Å². The minimum atomic E-state index is -0.102. The van der Waals surface area contributed by atoms with Crippen molar-refractivity contribution in [3.05, 3.63) is 29.8 Å². The molecule has 0 bridgehead atoms. The zero-order valence-corrected chi connectivity index (χ0v) is 12.0. The van der Waals surface area contributed by atoms with Crippen molar-refractivity contribution < 1.29 is 14.6 Å². The molecule has 0 saturated carbocycles. The number of nitrogens with one attached hydrogen (secondary N) is 1. The number of fused-ring (bicyclic) bond motifs is 1. The molecule has 0 fully saturated rings. The lowest BCUT2D eigenvalue weighted by Gasteiger charge is -2.25. The molecule has 2 unspecified atom stereocenters. The first kappa shape index (κ1) is 14.9. The van der Waals surface area contributed by atoms with Crippen LogP contribution in [0.2, 0.25) is 0 Å². The van der Waals surface area contributed by atoms with E-state index in [1.54, 1.807) is 0 Å². The van der Waals surface area contributed by atoms with Gasteiger partial charge in [0.05, 0.1) is 12.5 Å². The molecule has 0 aliphatic carbocycles. The Kier molecular flexibility index (Phi) is 5.41. The Bertz CT molecular complexity index is 447. The van der Waals surface area contributed by atoms with Crippen LogP contribution in [0.3, 0.4) is 0 Å². The van der Waals surface area contributed by atoms with Crippen molar-refractivity contribution in [1.82, 2.24) is 5.32 Å². The molecule has 1 aliphatic heterocycles. The third-order valence-electron chi connectivity index (χ3n) is 3.76. The van der Waals surface area contributed by atoms with E-state index < -0.39 is 0 Å². The molecule has 4 heteroatoms. The first-order valence-electron chi connectivity index (χ1n) is 7.32. The second-order valence-electron chi connectivity index (χ2n) is 5.45. The second kappa shape index (κ2) is 7.29. The van der Waals surface area contributed by atoms with E-state index in [0.29, 0.717) is 19.1 Å². The van der Waals surface area contributed by atoms with Gasteiger partial charge in [-0.25, -0.2) is 0 Å². The van der Waals surface area contributed by atoms with E-state index in [1.807, 2.05) is 31.2 Å². The van der Waals surface area contributed by atoms with Crippen LogP contribution in [-0.2, 0) is 4.79 Å². The minimum Gasteiger partial charge on any atom is -0.493 e.